The largest absolute Gasteiger partial charge is 0.349 e. The van der Waals surface area contributed by atoms with Gasteiger partial charge >= 0.3 is 0 Å². The Morgan fingerprint density at radius 1 is 1.14 bits per heavy atom. The van der Waals surface area contributed by atoms with Crippen molar-refractivity contribution in [3.8, 4) is 0 Å². The Bertz CT molecular complexity index is 979. The number of carbonyl (C=O) groups is 1. The molecule has 0 saturated carbocycles. The Labute approximate surface area is 179 Å². The third-order valence-electron chi connectivity index (χ3n) is 4.32. The molecule has 0 aliphatic carbocycles. The zero-order chi connectivity index (χ0) is 21.1. The van der Waals surface area contributed by atoms with Gasteiger partial charge in [-0.3, -0.25) is 4.79 Å². The summed E-state index contributed by atoms with van der Waals surface area (Å²) in [6.45, 7) is 0.568. The Balaban J connectivity index is 1.83. The molecule has 0 radical (unpaired) electrons. The van der Waals surface area contributed by atoms with E-state index in [9.17, 15) is 13.2 Å². The Morgan fingerprint density at radius 2 is 1.79 bits per heavy atom. The van der Waals surface area contributed by atoms with Crippen LogP contribution in [0.3, 0.4) is 0 Å². The second-order valence-electron chi connectivity index (χ2n) is 6.53. The summed E-state index contributed by atoms with van der Waals surface area (Å²) in [4.78, 5) is 12.9. The zero-order valence-electron chi connectivity index (χ0n) is 15.5. The number of ether oxygens (including phenoxy) is 2. The molecule has 2 N–H and O–H groups in total. The summed E-state index contributed by atoms with van der Waals surface area (Å²) in [7, 11) is -3.64. The fraction of sp³-hybridized carbons (Fsp3) is 0.316. The lowest BCUT2D eigenvalue weighted by Crippen LogP contribution is -2.46. The molecule has 1 unspecified atom stereocenters. The van der Waals surface area contributed by atoms with Crippen LogP contribution in [0.1, 0.15) is 17.2 Å². The molecule has 10 heteroatoms. The summed E-state index contributed by atoms with van der Waals surface area (Å²) in [6.07, 6.45) is 0.994. The van der Waals surface area contributed by atoms with Crippen molar-refractivity contribution < 1.29 is 22.7 Å². The molecule has 1 fully saturated rings. The molecule has 1 atom stereocenters. The molecule has 1 aliphatic rings. The zero-order valence-corrected chi connectivity index (χ0v) is 17.9. The molecule has 1 saturated heterocycles. The molecule has 0 bridgehead atoms. The van der Waals surface area contributed by atoms with E-state index >= 15 is 0 Å². The van der Waals surface area contributed by atoms with Crippen LogP contribution in [-0.2, 0) is 30.1 Å². The molecule has 2 aromatic carbocycles. The summed E-state index contributed by atoms with van der Waals surface area (Å²) in [5, 5.41) is 3.51. The van der Waals surface area contributed by atoms with Gasteiger partial charge in [0.15, 0.2) is 0 Å². The van der Waals surface area contributed by atoms with E-state index in [4.69, 9.17) is 32.7 Å². The lowest BCUT2D eigenvalue weighted by atomic mass is 10.0. The van der Waals surface area contributed by atoms with Gasteiger partial charge in [-0.2, -0.15) is 4.72 Å². The Morgan fingerprint density at radius 3 is 2.38 bits per heavy atom. The van der Waals surface area contributed by atoms with E-state index in [1.54, 1.807) is 48.5 Å². The lowest BCUT2D eigenvalue weighted by molar-refractivity contribution is -0.165. The maximum atomic E-state index is 12.9. The monoisotopic (exact) mass is 458 g/mol. The van der Waals surface area contributed by atoms with Gasteiger partial charge in [0.05, 0.1) is 31.0 Å². The molecule has 29 heavy (non-hydrogen) atoms. The minimum Gasteiger partial charge on any atom is -0.349 e. The summed E-state index contributed by atoms with van der Waals surface area (Å²) in [5.74, 6) is -1.84. The molecule has 1 heterocycles. The van der Waals surface area contributed by atoms with Gasteiger partial charge in [0.1, 0.15) is 6.04 Å². The quantitative estimate of drug-likeness (QED) is 0.664. The number of hydrogen-bond acceptors (Lipinski definition) is 5. The van der Waals surface area contributed by atoms with Crippen LogP contribution in [0.4, 0.5) is 0 Å². The van der Waals surface area contributed by atoms with E-state index in [-0.39, 0.29) is 6.54 Å². The average Bonchev–Trinajstić information content (AvgIpc) is 3.14. The standard InChI is InChI=1S/C19H20Cl2N2O5S/c1-29(25,26)23-17(13-5-3-2-4-6-13)18(24)22-12-19(27-9-10-28-19)15-8-7-14(20)11-16(15)21/h2-8,11,17,23H,9-10,12H2,1H3,(H,22,24). The second-order valence-corrected chi connectivity index (χ2v) is 9.15. The number of sulfonamides is 1. The first-order chi connectivity index (χ1) is 13.7. The van der Waals surface area contributed by atoms with Crippen LogP contribution in [0.15, 0.2) is 48.5 Å². The fourth-order valence-electron chi connectivity index (χ4n) is 3.04. The highest BCUT2D eigenvalue weighted by atomic mass is 35.5. The minimum atomic E-state index is -3.64. The minimum absolute atomic E-state index is 0.0675. The topological polar surface area (TPSA) is 93.7 Å². The third kappa shape index (κ3) is 5.48. The van der Waals surface area contributed by atoms with Crippen molar-refractivity contribution in [2.45, 2.75) is 11.8 Å². The van der Waals surface area contributed by atoms with Crippen LogP contribution >= 0.6 is 23.2 Å². The second kappa shape index (κ2) is 8.99. The van der Waals surface area contributed by atoms with Gasteiger partial charge in [-0.05, 0) is 17.7 Å². The molecule has 7 nitrogen and oxygen atoms in total. The van der Waals surface area contributed by atoms with Crippen molar-refractivity contribution in [3.05, 3.63) is 69.7 Å². The molecular weight excluding hydrogens is 439 g/mol. The molecule has 3 rings (SSSR count). The van der Waals surface area contributed by atoms with Crippen molar-refractivity contribution in [2.24, 2.45) is 0 Å². The fourth-order valence-corrected chi connectivity index (χ4v) is 4.27. The van der Waals surface area contributed by atoms with Crippen molar-refractivity contribution in [1.29, 1.82) is 0 Å². The van der Waals surface area contributed by atoms with E-state index in [1.165, 1.54) is 0 Å². The predicted molar refractivity (Wildman–Crippen MR) is 110 cm³/mol. The number of hydrogen-bond donors (Lipinski definition) is 2. The van der Waals surface area contributed by atoms with Crippen LogP contribution in [0.2, 0.25) is 10.0 Å². The summed E-state index contributed by atoms with van der Waals surface area (Å²) in [5.41, 5.74) is 1.02. The highest BCUT2D eigenvalue weighted by Gasteiger charge is 2.41. The van der Waals surface area contributed by atoms with Gasteiger partial charge in [-0.15, -0.1) is 0 Å². The normalized spacial score (nSPS) is 17.1. The SMILES string of the molecule is CS(=O)(=O)NC(C(=O)NCC1(c2ccc(Cl)cc2Cl)OCCO1)c1ccccc1. The van der Waals surface area contributed by atoms with Gasteiger partial charge in [-0.25, -0.2) is 8.42 Å². The Kier molecular flexibility index (Phi) is 6.83. The summed E-state index contributed by atoms with van der Waals surface area (Å²) >= 11 is 12.3. The van der Waals surface area contributed by atoms with Gasteiger partial charge in [0, 0.05) is 10.6 Å². The maximum Gasteiger partial charge on any atom is 0.242 e. The molecule has 0 aromatic heterocycles. The van der Waals surface area contributed by atoms with Crippen LogP contribution in [0.25, 0.3) is 0 Å². The van der Waals surface area contributed by atoms with E-state index in [2.05, 4.69) is 10.0 Å². The molecule has 0 spiro atoms. The first kappa shape index (κ1) is 22.0. The van der Waals surface area contributed by atoms with Crippen molar-refractivity contribution >= 4 is 39.1 Å². The molecule has 1 aliphatic heterocycles. The van der Waals surface area contributed by atoms with Gasteiger partial charge < -0.3 is 14.8 Å². The van der Waals surface area contributed by atoms with Crippen molar-refractivity contribution in [3.63, 3.8) is 0 Å². The lowest BCUT2D eigenvalue weighted by Gasteiger charge is -2.30. The average molecular weight is 459 g/mol. The van der Waals surface area contributed by atoms with Gasteiger partial charge in [0.25, 0.3) is 0 Å². The number of halogens is 2. The predicted octanol–water partition coefficient (Wildman–Crippen LogP) is 2.60. The summed E-state index contributed by atoms with van der Waals surface area (Å²) < 4.78 is 37.5. The van der Waals surface area contributed by atoms with Crippen molar-refractivity contribution in [2.75, 3.05) is 26.0 Å². The highest BCUT2D eigenvalue weighted by molar-refractivity contribution is 7.88. The first-order valence-electron chi connectivity index (χ1n) is 8.74. The Hall–Kier alpha value is -1.68. The molecule has 2 aromatic rings. The van der Waals surface area contributed by atoms with E-state index in [0.29, 0.717) is 34.4 Å². The summed E-state index contributed by atoms with van der Waals surface area (Å²) in [6, 6.07) is 12.3. The molecular formula is C19H20Cl2N2O5S. The number of amides is 1. The third-order valence-corrected chi connectivity index (χ3v) is 5.53. The maximum absolute atomic E-state index is 12.9. The van der Waals surface area contributed by atoms with E-state index in [0.717, 1.165) is 6.26 Å². The van der Waals surface area contributed by atoms with Crippen molar-refractivity contribution in [1.82, 2.24) is 10.0 Å². The van der Waals surface area contributed by atoms with Gasteiger partial charge in [-0.1, -0.05) is 59.6 Å². The van der Waals surface area contributed by atoms with E-state index < -0.39 is 27.8 Å². The van der Waals surface area contributed by atoms with Gasteiger partial charge in [0.2, 0.25) is 21.7 Å². The molecule has 1 amide bonds. The molecule has 156 valence electrons. The van der Waals surface area contributed by atoms with Crippen LogP contribution in [0.5, 0.6) is 0 Å². The van der Waals surface area contributed by atoms with Crippen LogP contribution < -0.4 is 10.0 Å². The van der Waals surface area contributed by atoms with Crippen LogP contribution in [0, 0.1) is 0 Å². The smallest absolute Gasteiger partial charge is 0.242 e. The number of rotatable bonds is 7. The van der Waals surface area contributed by atoms with E-state index in [1.807, 2.05) is 0 Å². The first-order valence-corrected chi connectivity index (χ1v) is 11.4. The van der Waals surface area contributed by atoms with Crippen LogP contribution in [-0.4, -0.2) is 40.3 Å². The highest BCUT2D eigenvalue weighted by Crippen LogP contribution is 2.36. The number of nitrogens with one attached hydrogen (secondary N) is 2. The number of benzene rings is 2. The number of carbonyl (C=O) groups excluding carboxylic acids is 1.